The summed E-state index contributed by atoms with van der Waals surface area (Å²) in [6.45, 7) is 0. The summed E-state index contributed by atoms with van der Waals surface area (Å²) in [5.41, 5.74) is 1.47. The fraction of sp³-hybridized carbons (Fsp3) is 0.0769. The Hall–Kier alpha value is -2.01. The topological polar surface area (TPSA) is 34.1 Å². The van der Waals surface area contributed by atoms with Gasteiger partial charge in [-0.2, -0.15) is 4.39 Å². The van der Waals surface area contributed by atoms with Gasteiger partial charge in [-0.3, -0.25) is 0 Å². The smallest absolute Gasteiger partial charge is 0.212 e. The van der Waals surface area contributed by atoms with Crippen LogP contribution in [0, 0.1) is 5.95 Å². The van der Waals surface area contributed by atoms with E-state index in [1.54, 1.807) is 13.2 Å². The van der Waals surface area contributed by atoms with Gasteiger partial charge in [-0.05, 0) is 24.3 Å². The number of benzene rings is 1. The molecule has 92 valence electrons. The first-order valence-corrected chi connectivity index (χ1v) is 5.67. The normalized spacial score (nSPS) is 9.89. The molecule has 2 rings (SSSR count). The molecule has 1 aromatic carbocycles. The molecule has 18 heavy (non-hydrogen) atoms. The highest BCUT2D eigenvalue weighted by molar-refractivity contribution is 7.81. The second-order valence-electron chi connectivity index (χ2n) is 3.56. The minimum Gasteiger partial charge on any atom is -0.497 e. The predicted molar refractivity (Wildman–Crippen MR) is 72.5 cm³/mol. The number of methoxy groups -OCH3 is 1. The highest BCUT2D eigenvalue weighted by atomic mass is 32.1. The van der Waals surface area contributed by atoms with Crippen LogP contribution in [0.4, 0.5) is 10.1 Å². The van der Waals surface area contributed by atoms with Gasteiger partial charge in [0.1, 0.15) is 10.7 Å². The van der Waals surface area contributed by atoms with Gasteiger partial charge in [0, 0.05) is 23.5 Å². The minimum absolute atomic E-state index is 0.482. The van der Waals surface area contributed by atoms with Gasteiger partial charge in [0.25, 0.3) is 0 Å². The number of ether oxygens (including phenoxy) is 1. The van der Waals surface area contributed by atoms with E-state index in [1.807, 2.05) is 24.3 Å². The van der Waals surface area contributed by atoms with Crippen molar-refractivity contribution in [2.45, 2.75) is 0 Å². The van der Waals surface area contributed by atoms with Gasteiger partial charge in [0.05, 0.1) is 7.11 Å². The summed E-state index contributed by atoms with van der Waals surface area (Å²) >= 11 is 5.21. The third kappa shape index (κ3) is 3.01. The number of hydrogen-bond acceptors (Lipinski definition) is 3. The number of rotatable bonds is 3. The number of nitrogens with one attached hydrogen (secondary N) is 1. The molecule has 2 aromatic rings. The zero-order valence-corrected chi connectivity index (χ0v) is 10.5. The molecule has 0 unspecified atom stereocenters. The zero-order chi connectivity index (χ0) is 13.0. The molecule has 5 heteroatoms. The van der Waals surface area contributed by atoms with E-state index >= 15 is 0 Å². The molecule has 0 aliphatic carbocycles. The Kier molecular flexibility index (Phi) is 3.84. The number of thiocarbonyl (C=S) groups is 1. The fourth-order valence-electron chi connectivity index (χ4n) is 1.41. The van der Waals surface area contributed by atoms with Crippen LogP contribution in [0.5, 0.6) is 5.75 Å². The summed E-state index contributed by atoms with van der Waals surface area (Å²) in [7, 11) is 1.60. The van der Waals surface area contributed by atoms with Crippen molar-refractivity contribution in [3.63, 3.8) is 0 Å². The van der Waals surface area contributed by atoms with Crippen LogP contribution in [0.2, 0.25) is 0 Å². The molecule has 0 aliphatic rings. The molecule has 0 bridgehead atoms. The first-order valence-electron chi connectivity index (χ1n) is 5.26. The Bertz CT molecular complexity index is 557. The second-order valence-corrected chi connectivity index (χ2v) is 3.96. The van der Waals surface area contributed by atoms with Crippen LogP contribution in [-0.2, 0) is 0 Å². The van der Waals surface area contributed by atoms with Gasteiger partial charge in [-0.15, -0.1) is 0 Å². The molecule has 0 fully saturated rings. The highest BCUT2D eigenvalue weighted by Crippen LogP contribution is 2.17. The Morgan fingerprint density at radius 1 is 1.33 bits per heavy atom. The third-order valence-electron chi connectivity index (χ3n) is 2.32. The largest absolute Gasteiger partial charge is 0.497 e. The standard InChI is InChI=1S/C13H11FN2OS/c1-17-11-4-2-3-10(7-11)16-13(18)9-5-6-12(14)15-8-9/h2-8H,1H3,(H,16,18). The summed E-state index contributed by atoms with van der Waals surface area (Å²) in [6, 6.07) is 10.2. The van der Waals surface area contributed by atoms with Gasteiger partial charge in [0.2, 0.25) is 5.95 Å². The molecule has 0 atom stereocenters. The molecular weight excluding hydrogens is 251 g/mol. The Morgan fingerprint density at radius 3 is 2.83 bits per heavy atom. The molecule has 0 aliphatic heterocycles. The van der Waals surface area contributed by atoms with E-state index < -0.39 is 5.95 Å². The van der Waals surface area contributed by atoms with Crippen LogP contribution in [0.3, 0.4) is 0 Å². The monoisotopic (exact) mass is 262 g/mol. The van der Waals surface area contributed by atoms with E-state index in [1.165, 1.54) is 12.3 Å². The van der Waals surface area contributed by atoms with E-state index in [0.717, 1.165) is 11.4 Å². The van der Waals surface area contributed by atoms with Gasteiger partial charge in [0.15, 0.2) is 0 Å². The van der Waals surface area contributed by atoms with Crippen LogP contribution in [0.1, 0.15) is 5.56 Å². The highest BCUT2D eigenvalue weighted by Gasteiger charge is 2.03. The molecule has 0 spiro atoms. The lowest BCUT2D eigenvalue weighted by Gasteiger charge is -2.09. The Labute approximate surface area is 110 Å². The zero-order valence-electron chi connectivity index (χ0n) is 9.68. The van der Waals surface area contributed by atoms with Gasteiger partial charge in [-0.1, -0.05) is 18.3 Å². The Morgan fingerprint density at radius 2 is 2.17 bits per heavy atom. The van der Waals surface area contributed by atoms with Crippen molar-refractivity contribution in [1.82, 2.24) is 4.98 Å². The van der Waals surface area contributed by atoms with Gasteiger partial charge < -0.3 is 10.1 Å². The second kappa shape index (κ2) is 5.55. The van der Waals surface area contributed by atoms with Crippen LogP contribution in [0.15, 0.2) is 42.6 Å². The van der Waals surface area contributed by atoms with Crippen LogP contribution in [0.25, 0.3) is 0 Å². The van der Waals surface area contributed by atoms with Crippen LogP contribution in [-0.4, -0.2) is 17.1 Å². The Balaban J connectivity index is 2.13. The summed E-state index contributed by atoms with van der Waals surface area (Å²) < 4.78 is 17.8. The van der Waals surface area contributed by atoms with E-state index in [2.05, 4.69) is 10.3 Å². The molecule has 0 amide bonds. The van der Waals surface area contributed by atoms with E-state index in [9.17, 15) is 4.39 Å². The molecular formula is C13H11FN2OS. The minimum atomic E-state index is -0.525. The molecule has 0 saturated carbocycles. The number of hydrogen-bond donors (Lipinski definition) is 1. The molecule has 1 aromatic heterocycles. The summed E-state index contributed by atoms with van der Waals surface area (Å²) in [6.07, 6.45) is 1.39. The van der Waals surface area contributed by atoms with Crippen molar-refractivity contribution < 1.29 is 9.13 Å². The lowest BCUT2D eigenvalue weighted by atomic mass is 10.2. The van der Waals surface area contributed by atoms with Crippen molar-refractivity contribution in [2.24, 2.45) is 0 Å². The average Bonchev–Trinajstić information content (AvgIpc) is 2.39. The maximum absolute atomic E-state index is 12.7. The maximum Gasteiger partial charge on any atom is 0.212 e. The molecule has 0 saturated heterocycles. The van der Waals surface area contributed by atoms with E-state index in [4.69, 9.17) is 17.0 Å². The van der Waals surface area contributed by atoms with E-state index in [0.29, 0.717) is 10.6 Å². The number of pyridine rings is 1. The first kappa shape index (κ1) is 12.4. The number of aromatic nitrogens is 1. The number of nitrogens with zero attached hydrogens (tertiary/aromatic N) is 1. The van der Waals surface area contributed by atoms with Gasteiger partial charge >= 0.3 is 0 Å². The van der Waals surface area contributed by atoms with Crippen molar-refractivity contribution in [3.05, 3.63) is 54.1 Å². The van der Waals surface area contributed by atoms with E-state index in [-0.39, 0.29) is 0 Å². The van der Waals surface area contributed by atoms with Gasteiger partial charge in [-0.25, -0.2) is 4.98 Å². The molecule has 1 N–H and O–H groups in total. The molecule has 3 nitrogen and oxygen atoms in total. The average molecular weight is 262 g/mol. The predicted octanol–water partition coefficient (Wildman–Crippen LogP) is 3.02. The van der Waals surface area contributed by atoms with Crippen molar-refractivity contribution in [3.8, 4) is 5.75 Å². The van der Waals surface area contributed by atoms with Crippen molar-refractivity contribution in [2.75, 3.05) is 12.4 Å². The lowest BCUT2D eigenvalue weighted by Crippen LogP contribution is -2.10. The van der Waals surface area contributed by atoms with Crippen LogP contribution >= 0.6 is 12.2 Å². The molecule has 1 heterocycles. The summed E-state index contributed by atoms with van der Waals surface area (Å²) in [4.78, 5) is 4.04. The summed E-state index contributed by atoms with van der Waals surface area (Å²) in [5, 5.41) is 3.04. The molecule has 0 radical (unpaired) electrons. The SMILES string of the molecule is COc1cccc(NC(=S)c2ccc(F)nc2)c1. The van der Waals surface area contributed by atoms with Crippen molar-refractivity contribution >= 4 is 22.9 Å². The fourth-order valence-corrected chi connectivity index (χ4v) is 1.65. The maximum atomic E-state index is 12.7. The summed E-state index contributed by atoms with van der Waals surface area (Å²) in [5.74, 6) is 0.211. The van der Waals surface area contributed by atoms with Crippen LogP contribution < -0.4 is 10.1 Å². The quantitative estimate of drug-likeness (QED) is 0.681. The number of anilines is 1. The third-order valence-corrected chi connectivity index (χ3v) is 2.65. The van der Waals surface area contributed by atoms with Crippen molar-refractivity contribution in [1.29, 1.82) is 0 Å². The first-order chi connectivity index (χ1) is 8.69. The lowest BCUT2D eigenvalue weighted by molar-refractivity contribution is 0.415. The number of halogens is 1.